The van der Waals surface area contributed by atoms with Gasteiger partial charge in [-0.05, 0) is 41.8 Å². The maximum Gasteiger partial charge on any atom is 0.251 e. The van der Waals surface area contributed by atoms with Crippen LogP contribution in [-0.2, 0) is 6.42 Å². The van der Waals surface area contributed by atoms with E-state index in [1.54, 1.807) is 6.07 Å². The molecule has 0 spiro atoms. The van der Waals surface area contributed by atoms with Crippen molar-refractivity contribution in [3.05, 3.63) is 64.7 Å². The number of nitrogens with one attached hydrogen (secondary N) is 1. The highest BCUT2D eigenvalue weighted by atomic mass is 16.5. The number of carbonyl (C=O) groups excluding carboxylic acids is 1. The van der Waals surface area contributed by atoms with E-state index in [1.165, 1.54) is 0 Å². The molecule has 22 heavy (non-hydrogen) atoms. The predicted molar refractivity (Wildman–Crippen MR) is 84.1 cm³/mol. The Morgan fingerprint density at radius 2 is 2.14 bits per heavy atom. The normalized spacial score (nSPS) is 14.1. The summed E-state index contributed by atoms with van der Waals surface area (Å²) in [5.41, 5.74) is 3.47. The summed E-state index contributed by atoms with van der Waals surface area (Å²) in [5, 5.41) is 13.0. The van der Waals surface area contributed by atoms with E-state index in [0.717, 1.165) is 28.9 Å². The van der Waals surface area contributed by atoms with Gasteiger partial charge in [-0.2, -0.15) is 0 Å². The average Bonchev–Trinajstić information content (AvgIpc) is 3.00. The van der Waals surface area contributed by atoms with Crippen molar-refractivity contribution < 1.29 is 14.6 Å². The van der Waals surface area contributed by atoms with E-state index in [4.69, 9.17) is 4.74 Å². The highest BCUT2D eigenvalue weighted by molar-refractivity contribution is 5.95. The first kappa shape index (κ1) is 14.6. The number of hydrogen-bond acceptors (Lipinski definition) is 3. The second-order valence-corrected chi connectivity index (χ2v) is 5.51. The van der Waals surface area contributed by atoms with Gasteiger partial charge in [0.1, 0.15) is 5.75 Å². The summed E-state index contributed by atoms with van der Waals surface area (Å²) >= 11 is 0. The first-order valence-corrected chi connectivity index (χ1v) is 7.42. The summed E-state index contributed by atoms with van der Waals surface area (Å²) in [4.78, 5) is 12.1. The standard InChI is InChI=1S/C18H19NO3/c1-12-4-2-3-5-15(12)18(21)19-11-16(20)13-6-7-17-14(10-13)8-9-22-17/h2-7,10,16,20H,8-9,11H2,1H3,(H,19,21)/t16-/m0/s1. The summed E-state index contributed by atoms with van der Waals surface area (Å²) < 4.78 is 5.45. The van der Waals surface area contributed by atoms with Gasteiger partial charge in [-0.15, -0.1) is 0 Å². The minimum Gasteiger partial charge on any atom is -0.493 e. The quantitative estimate of drug-likeness (QED) is 0.911. The van der Waals surface area contributed by atoms with Gasteiger partial charge in [0, 0.05) is 18.5 Å². The first-order chi connectivity index (χ1) is 10.6. The molecule has 4 nitrogen and oxygen atoms in total. The number of carbonyl (C=O) groups is 1. The number of aliphatic hydroxyl groups excluding tert-OH is 1. The second kappa shape index (κ2) is 6.20. The van der Waals surface area contributed by atoms with E-state index in [9.17, 15) is 9.90 Å². The molecule has 3 rings (SSSR count). The average molecular weight is 297 g/mol. The van der Waals surface area contributed by atoms with E-state index in [2.05, 4.69) is 5.32 Å². The Kier molecular flexibility index (Phi) is 4.11. The number of fused-ring (bicyclic) bond motifs is 1. The molecule has 1 aliphatic heterocycles. The topological polar surface area (TPSA) is 58.6 Å². The van der Waals surface area contributed by atoms with E-state index in [1.807, 2.05) is 43.3 Å². The van der Waals surface area contributed by atoms with Crippen molar-refractivity contribution in [3.8, 4) is 5.75 Å². The molecule has 1 amide bonds. The van der Waals surface area contributed by atoms with Gasteiger partial charge in [-0.1, -0.05) is 24.3 Å². The number of hydrogen-bond donors (Lipinski definition) is 2. The highest BCUT2D eigenvalue weighted by Gasteiger charge is 2.16. The fourth-order valence-electron chi connectivity index (χ4n) is 2.64. The van der Waals surface area contributed by atoms with Crippen LogP contribution in [-0.4, -0.2) is 24.2 Å². The van der Waals surface area contributed by atoms with Crippen molar-refractivity contribution >= 4 is 5.91 Å². The zero-order valence-electron chi connectivity index (χ0n) is 12.5. The number of rotatable bonds is 4. The number of amides is 1. The molecule has 2 aromatic carbocycles. The molecule has 0 radical (unpaired) electrons. The largest absolute Gasteiger partial charge is 0.493 e. The van der Waals surface area contributed by atoms with Crippen molar-refractivity contribution in [3.63, 3.8) is 0 Å². The molecule has 2 aromatic rings. The van der Waals surface area contributed by atoms with E-state index in [-0.39, 0.29) is 12.5 Å². The van der Waals surface area contributed by atoms with Crippen LogP contribution in [0.15, 0.2) is 42.5 Å². The summed E-state index contributed by atoms with van der Waals surface area (Å²) in [6.07, 6.45) is 0.143. The van der Waals surface area contributed by atoms with Crippen molar-refractivity contribution in [1.29, 1.82) is 0 Å². The third-order valence-electron chi connectivity index (χ3n) is 3.94. The predicted octanol–water partition coefficient (Wildman–Crippen LogP) is 2.39. The van der Waals surface area contributed by atoms with Crippen molar-refractivity contribution in [2.75, 3.05) is 13.2 Å². The van der Waals surface area contributed by atoms with E-state index in [0.29, 0.717) is 12.2 Å². The molecule has 0 saturated carbocycles. The van der Waals surface area contributed by atoms with Crippen LogP contribution in [0.3, 0.4) is 0 Å². The second-order valence-electron chi connectivity index (χ2n) is 5.51. The van der Waals surface area contributed by atoms with Crippen LogP contribution in [0.2, 0.25) is 0 Å². The minimum absolute atomic E-state index is 0.165. The summed E-state index contributed by atoms with van der Waals surface area (Å²) in [7, 11) is 0. The first-order valence-electron chi connectivity index (χ1n) is 7.42. The lowest BCUT2D eigenvalue weighted by molar-refractivity contribution is 0.0915. The lowest BCUT2D eigenvalue weighted by atomic mass is 10.0. The van der Waals surface area contributed by atoms with Crippen LogP contribution in [0.5, 0.6) is 5.75 Å². The van der Waals surface area contributed by atoms with E-state index < -0.39 is 6.10 Å². The number of aryl methyl sites for hydroxylation is 1. The Bertz CT molecular complexity index is 696. The molecule has 0 saturated heterocycles. The third kappa shape index (κ3) is 2.97. The number of benzene rings is 2. The lowest BCUT2D eigenvalue weighted by Crippen LogP contribution is -2.28. The van der Waals surface area contributed by atoms with Gasteiger partial charge in [0.05, 0.1) is 12.7 Å². The van der Waals surface area contributed by atoms with Crippen LogP contribution < -0.4 is 10.1 Å². The van der Waals surface area contributed by atoms with Gasteiger partial charge in [-0.3, -0.25) is 4.79 Å². The molecule has 0 fully saturated rings. The maximum atomic E-state index is 12.1. The summed E-state index contributed by atoms with van der Waals surface area (Å²) in [5.74, 6) is 0.724. The molecular weight excluding hydrogens is 278 g/mol. The number of ether oxygens (including phenoxy) is 1. The Hall–Kier alpha value is -2.33. The molecule has 114 valence electrons. The molecule has 0 aromatic heterocycles. The molecule has 1 atom stereocenters. The fraction of sp³-hybridized carbons (Fsp3) is 0.278. The molecule has 1 heterocycles. The number of aliphatic hydroxyl groups is 1. The lowest BCUT2D eigenvalue weighted by Gasteiger charge is -2.14. The third-order valence-corrected chi connectivity index (χ3v) is 3.94. The molecular formula is C18H19NO3. The van der Waals surface area contributed by atoms with Gasteiger partial charge >= 0.3 is 0 Å². The van der Waals surface area contributed by atoms with Gasteiger partial charge in [0.2, 0.25) is 0 Å². The Labute approximate surface area is 129 Å². The summed E-state index contributed by atoms with van der Waals surface area (Å²) in [6.45, 7) is 2.78. The van der Waals surface area contributed by atoms with Crippen LogP contribution in [0, 0.1) is 6.92 Å². The van der Waals surface area contributed by atoms with Crippen molar-refractivity contribution in [2.24, 2.45) is 0 Å². The monoisotopic (exact) mass is 297 g/mol. The van der Waals surface area contributed by atoms with Crippen LogP contribution in [0.25, 0.3) is 0 Å². The van der Waals surface area contributed by atoms with E-state index >= 15 is 0 Å². The molecule has 2 N–H and O–H groups in total. The zero-order chi connectivity index (χ0) is 15.5. The van der Waals surface area contributed by atoms with Gasteiger partial charge in [0.15, 0.2) is 0 Å². The van der Waals surface area contributed by atoms with Crippen LogP contribution in [0.4, 0.5) is 0 Å². The van der Waals surface area contributed by atoms with Crippen LogP contribution in [0.1, 0.15) is 33.2 Å². The zero-order valence-corrected chi connectivity index (χ0v) is 12.5. The molecule has 4 heteroatoms. The van der Waals surface area contributed by atoms with Gasteiger partial charge in [0.25, 0.3) is 5.91 Å². The molecule has 1 aliphatic rings. The SMILES string of the molecule is Cc1ccccc1C(=O)NC[C@H](O)c1ccc2c(c1)CCO2. The van der Waals surface area contributed by atoms with Crippen molar-refractivity contribution in [2.45, 2.75) is 19.4 Å². The molecule has 0 unspecified atom stereocenters. The Balaban J connectivity index is 1.64. The Morgan fingerprint density at radius 1 is 1.32 bits per heavy atom. The minimum atomic E-state index is -0.723. The Morgan fingerprint density at radius 3 is 2.95 bits per heavy atom. The molecule has 0 bridgehead atoms. The van der Waals surface area contributed by atoms with Gasteiger partial charge in [-0.25, -0.2) is 0 Å². The van der Waals surface area contributed by atoms with Gasteiger partial charge < -0.3 is 15.2 Å². The smallest absolute Gasteiger partial charge is 0.251 e. The highest BCUT2D eigenvalue weighted by Crippen LogP contribution is 2.28. The van der Waals surface area contributed by atoms with Crippen LogP contribution >= 0.6 is 0 Å². The summed E-state index contributed by atoms with van der Waals surface area (Å²) in [6, 6.07) is 13.1. The maximum absolute atomic E-state index is 12.1. The van der Waals surface area contributed by atoms with Crippen molar-refractivity contribution in [1.82, 2.24) is 5.32 Å². The molecule has 0 aliphatic carbocycles. The fourth-order valence-corrected chi connectivity index (χ4v) is 2.64.